The molecule has 0 saturated carbocycles. The number of hydrogen-bond donors (Lipinski definition) is 2. The van der Waals surface area contributed by atoms with Gasteiger partial charge >= 0.3 is 0 Å². The van der Waals surface area contributed by atoms with Crippen molar-refractivity contribution >= 4 is 17.5 Å². The predicted octanol–water partition coefficient (Wildman–Crippen LogP) is 1.32. The zero-order valence-corrected chi connectivity index (χ0v) is 13.0. The van der Waals surface area contributed by atoms with Crippen molar-refractivity contribution in [3.05, 3.63) is 11.9 Å². The van der Waals surface area contributed by atoms with Crippen LogP contribution in [-0.4, -0.2) is 36.0 Å². The number of aromatic nitrogens is 2. The summed E-state index contributed by atoms with van der Waals surface area (Å²) in [6.45, 7) is 9.18. The SMILES string of the molecule is CCCN(CC(=O)NC)c1cc(N)nc(C(C)(C)C)n1. The van der Waals surface area contributed by atoms with Crippen LogP contribution in [-0.2, 0) is 10.2 Å². The summed E-state index contributed by atoms with van der Waals surface area (Å²) in [5.74, 6) is 1.77. The van der Waals surface area contributed by atoms with Crippen molar-refractivity contribution in [3.8, 4) is 0 Å². The summed E-state index contributed by atoms with van der Waals surface area (Å²) in [7, 11) is 1.63. The number of rotatable bonds is 5. The Labute approximate surface area is 120 Å². The molecule has 0 bridgehead atoms. The Bertz CT molecular complexity index is 467. The highest BCUT2D eigenvalue weighted by Crippen LogP contribution is 2.23. The number of carbonyl (C=O) groups excluding carboxylic acids is 1. The second-order valence-corrected chi connectivity index (χ2v) is 5.82. The molecule has 6 heteroatoms. The fourth-order valence-electron chi connectivity index (χ4n) is 1.75. The lowest BCUT2D eigenvalue weighted by atomic mass is 9.96. The maximum absolute atomic E-state index is 11.6. The lowest BCUT2D eigenvalue weighted by Gasteiger charge is -2.25. The van der Waals surface area contributed by atoms with Crippen LogP contribution in [0.3, 0.4) is 0 Å². The topological polar surface area (TPSA) is 84.1 Å². The molecule has 1 aromatic heterocycles. The number of nitrogens with one attached hydrogen (secondary N) is 1. The molecular weight excluding hydrogens is 254 g/mol. The normalized spacial score (nSPS) is 11.2. The first-order chi connectivity index (χ1) is 9.27. The van der Waals surface area contributed by atoms with Gasteiger partial charge in [-0.05, 0) is 6.42 Å². The lowest BCUT2D eigenvalue weighted by Crippen LogP contribution is -2.37. The van der Waals surface area contributed by atoms with E-state index in [4.69, 9.17) is 5.73 Å². The monoisotopic (exact) mass is 279 g/mol. The first-order valence-corrected chi connectivity index (χ1v) is 6.88. The third-order valence-electron chi connectivity index (χ3n) is 2.83. The Morgan fingerprint density at radius 1 is 1.40 bits per heavy atom. The quantitative estimate of drug-likeness (QED) is 0.849. The molecule has 6 nitrogen and oxygen atoms in total. The van der Waals surface area contributed by atoms with Gasteiger partial charge in [0.1, 0.15) is 17.5 Å². The molecule has 0 aliphatic carbocycles. The number of nitrogen functional groups attached to an aromatic ring is 1. The highest BCUT2D eigenvalue weighted by molar-refractivity contribution is 5.80. The van der Waals surface area contributed by atoms with Gasteiger partial charge in [-0.3, -0.25) is 4.79 Å². The van der Waals surface area contributed by atoms with E-state index >= 15 is 0 Å². The van der Waals surface area contributed by atoms with Gasteiger partial charge in [-0.2, -0.15) is 0 Å². The van der Waals surface area contributed by atoms with Gasteiger partial charge in [0.05, 0.1) is 6.54 Å². The van der Waals surface area contributed by atoms with Gasteiger partial charge < -0.3 is 16.0 Å². The van der Waals surface area contributed by atoms with Crippen LogP contribution in [0.25, 0.3) is 0 Å². The first-order valence-electron chi connectivity index (χ1n) is 6.88. The molecule has 3 N–H and O–H groups in total. The standard InChI is InChI=1S/C14H25N5O/c1-6-7-19(9-12(20)16-5)11-8-10(15)17-13(18-11)14(2,3)4/h8H,6-7,9H2,1-5H3,(H,16,20)(H2,15,17,18). The van der Waals surface area contributed by atoms with E-state index in [1.165, 1.54) is 0 Å². The second-order valence-electron chi connectivity index (χ2n) is 5.82. The molecule has 0 aromatic carbocycles. The number of amides is 1. The van der Waals surface area contributed by atoms with E-state index < -0.39 is 0 Å². The smallest absolute Gasteiger partial charge is 0.239 e. The van der Waals surface area contributed by atoms with Crippen molar-refractivity contribution < 1.29 is 4.79 Å². The van der Waals surface area contributed by atoms with Crippen LogP contribution in [0.5, 0.6) is 0 Å². The summed E-state index contributed by atoms with van der Waals surface area (Å²) < 4.78 is 0. The maximum Gasteiger partial charge on any atom is 0.239 e. The predicted molar refractivity (Wildman–Crippen MR) is 81.7 cm³/mol. The van der Waals surface area contributed by atoms with Crippen LogP contribution in [0.1, 0.15) is 39.9 Å². The minimum absolute atomic E-state index is 0.0482. The van der Waals surface area contributed by atoms with Gasteiger partial charge in [-0.25, -0.2) is 9.97 Å². The highest BCUT2D eigenvalue weighted by Gasteiger charge is 2.21. The third kappa shape index (κ3) is 4.36. The molecule has 20 heavy (non-hydrogen) atoms. The zero-order valence-electron chi connectivity index (χ0n) is 13.0. The van der Waals surface area contributed by atoms with E-state index in [2.05, 4.69) is 22.2 Å². The van der Waals surface area contributed by atoms with Crippen molar-refractivity contribution in [2.75, 3.05) is 30.8 Å². The van der Waals surface area contributed by atoms with Crippen LogP contribution < -0.4 is 16.0 Å². The third-order valence-corrected chi connectivity index (χ3v) is 2.83. The Morgan fingerprint density at radius 3 is 2.55 bits per heavy atom. The molecule has 1 amide bonds. The van der Waals surface area contributed by atoms with Crippen molar-refractivity contribution in [2.24, 2.45) is 0 Å². The van der Waals surface area contributed by atoms with Crippen LogP contribution >= 0.6 is 0 Å². The average molecular weight is 279 g/mol. The minimum atomic E-state index is -0.185. The fraction of sp³-hybridized carbons (Fsp3) is 0.643. The first kappa shape index (κ1) is 16.2. The summed E-state index contributed by atoms with van der Waals surface area (Å²) in [5, 5.41) is 2.63. The number of nitrogens with zero attached hydrogens (tertiary/aromatic N) is 3. The molecule has 1 heterocycles. The molecule has 0 unspecified atom stereocenters. The molecule has 0 atom stereocenters. The fourth-order valence-corrected chi connectivity index (χ4v) is 1.75. The molecule has 0 radical (unpaired) electrons. The average Bonchev–Trinajstić information content (AvgIpc) is 2.36. The molecule has 0 aliphatic heterocycles. The number of carbonyl (C=O) groups is 1. The molecule has 0 spiro atoms. The minimum Gasteiger partial charge on any atom is -0.384 e. The van der Waals surface area contributed by atoms with E-state index in [-0.39, 0.29) is 17.9 Å². The number of nitrogens with two attached hydrogens (primary N) is 1. The second kappa shape index (κ2) is 6.54. The largest absolute Gasteiger partial charge is 0.384 e. The van der Waals surface area contributed by atoms with Gasteiger partial charge in [-0.15, -0.1) is 0 Å². The van der Waals surface area contributed by atoms with Crippen LogP contribution in [0.15, 0.2) is 6.07 Å². The molecule has 0 aliphatic rings. The molecule has 112 valence electrons. The van der Waals surface area contributed by atoms with Crippen molar-refractivity contribution in [2.45, 2.75) is 39.5 Å². The van der Waals surface area contributed by atoms with Crippen LogP contribution in [0.2, 0.25) is 0 Å². The molecular formula is C14H25N5O. The molecule has 0 fully saturated rings. The van der Waals surface area contributed by atoms with E-state index in [0.717, 1.165) is 13.0 Å². The van der Waals surface area contributed by atoms with E-state index in [1.54, 1.807) is 13.1 Å². The van der Waals surface area contributed by atoms with Crippen LogP contribution in [0.4, 0.5) is 11.6 Å². The molecule has 1 aromatic rings. The highest BCUT2D eigenvalue weighted by atomic mass is 16.1. The number of hydrogen-bond acceptors (Lipinski definition) is 5. The Morgan fingerprint density at radius 2 is 2.05 bits per heavy atom. The Hall–Kier alpha value is -1.85. The van der Waals surface area contributed by atoms with E-state index in [0.29, 0.717) is 17.5 Å². The van der Waals surface area contributed by atoms with Gasteiger partial charge in [0.15, 0.2) is 0 Å². The van der Waals surface area contributed by atoms with E-state index in [9.17, 15) is 4.79 Å². The summed E-state index contributed by atoms with van der Waals surface area (Å²) >= 11 is 0. The number of anilines is 2. The van der Waals surface area contributed by atoms with Gasteiger partial charge in [0.2, 0.25) is 5.91 Å². The summed E-state index contributed by atoms with van der Waals surface area (Å²) in [6, 6.07) is 1.72. The van der Waals surface area contributed by atoms with Gasteiger partial charge in [0, 0.05) is 25.1 Å². The van der Waals surface area contributed by atoms with Crippen LogP contribution in [0, 0.1) is 0 Å². The van der Waals surface area contributed by atoms with Crippen molar-refractivity contribution in [1.82, 2.24) is 15.3 Å². The summed E-state index contributed by atoms with van der Waals surface area (Å²) in [6.07, 6.45) is 0.922. The maximum atomic E-state index is 11.6. The van der Waals surface area contributed by atoms with E-state index in [1.807, 2.05) is 25.7 Å². The van der Waals surface area contributed by atoms with Gasteiger partial charge in [-0.1, -0.05) is 27.7 Å². The zero-order chi connectivity index (χ0) is 15.3. The molecule has 1 rings (SSSR count). The lowest BCUT2D eigenvalue weighted by molar-refractivity contribution is -0.119. The number of likely N-dealkylation sites (N-methyl/N-ethyl adjacent to an activating group) is 1. The van der Waals surface area contributed by atoms with Crippen molar-refractivity contribution in [1.29, 1.82) is 0 Å². The summed E-state index contributed by atoms with van der Waals surface area (Å²) in [4.78, 5) is 22.4. The summed E-state index contributed by atoms with van der Waals surface area (Å²) in [5.41, 5.74) is 5.69. The van der Waals surface area contributed by atoms with Gasteiger partial charge in [0.25, 0.3) is 0 Å². The Kier molecular flexibility index (Phi) is 5.30. The molecule has 0 saturated heterocycles. The van der Waals surface area contributed by atoms with Crippen molar-refractivity contribution in [3.63, 3.8) is 0 Å². The Balaban J connectivity index is 3.12.